The van der Waals surface area contributed by atoms with Crippen LogP contribution in [0.15, 0.2) is 41.4 Å². The highest BCUT2D eigenvalue weighted by atomic mass is 19.4. The fourth-order valence-electron chi connectivity index (χ4n) is 1.53. The molecule has 0 spiro atoms. The lowest BCUT2D eigenvalue weighted by atomic mass is 10.2. The summed E-state index contributed by atoms with van der Waals surface area (Å²) in [6.45, 7) is 0. The number of halogens is 6. The summed E-state index contributed by atoms with van der Waals surface area (Å²) in [5.74, 6) is -4.12. The lowest BCUT2D eigenvalue weighted by Crippen LogP contribution is -2.16. The topological polar surface area (TPSA) is 21.6 Å². The van der Waals surface area contributed by atoms with Crippen LogP contribution in [0.5, 0.6) is 5.75 Å². The van der Waals surface area contributed by atoms with E-state index in [9.17, 15) is 26.3 Å². The molecule has 0 heterocycles. The van der Waals surface area contributed by atoms with Crippen molar-refractivity contribution in [3.63, 3.8) is 0 Å². The molecule has 2 aromatic carbocycles. The summed E-state index contributed by atoms with van der Waals surface area (Å²) in [6.07, 6.45) is -4.08. The highest BCUT2D eigenvalue weighted by molar-refractivity contribution is 5.82. The monoisotopic (exact) mass is 319 g/mol. The Morgan fingerprint density at radius 2 is 1.45 bits per heavy atom. The maximum atomic E-state index is 13.4. The van der Waals surface area contributed by atoms with Crippen LogP contribution in [-0.4, -0.2) is 12.6 Å². The Kier molecular flexibility index (Phi) is 4.39. The third-order valence-corrected chi connectivity index (χ3v) is 2.49. The van der Waals surface area contributed by atoms with Crippen molar-refractivity contribution in [2.75, 3.05) is 0 Å². The van der Waals surface area contributed by atoms with Crippen LogP contribution in [0.2, 0.25) is 0 Å². The van der Waals surface area contributed by atoms with Gasteiger partial charge in [-0.1, -0.05) is 0 Å². The Bertz CT molecular complexity index is 694. The summed E-state index contributed by atoms with van der Waals surface area (Å²) in [7, 11) is 0. The van der Waals surface area contributed by atoms with Gasteiger partial charge in [-0.2, -0.15) is 0 Å². The molecule has 0 N–H and O–H groups in total. The van der Waals surface area contributed by atoms with Gasteiger partial charge in [0.25, 0.3) is 0 Å². The average molecular weight is 319 g/mol. The summed E-state index contributed by atoms with van der Waals surface area (Å²) >= 11 is 0. The zero-order chi connectivity index (χ0) is 16.3. The second-order valence-corrected chi connectivity index (χ2v) is 4.06. The first kappa shape index (κ1) is 15.9. The maximum absolute atomic E-state index is 13.4. The van der Waals surface area contributed by atoms with Gasteiger partial charge in [-0.3, -0.25) is 4.99 Å². The van der Waals surface area contributed by atoms with Crippen molar-refractivity contribution in [2.45, 2.75) is 6.36 Å². The molecule has 0 bridgehead atoms. The molecule has 0 atom stereocenters. The summed E-state index contributed by atoms with van der Waals surface area (Å²) in [4.78, 5) is 3.67. The number of alkyl halides is 3. The van der Waals surface area contributed by atoms with Crippen LogP contribution >= 0.6 is 0 Å². The molecular formula is C14H7F6NO. The van der Waals surface area contributed by atoms with Crippen molar-refractivity contribution in [3.8, 4) is 5.75 Å². The average Bonchev–Trinajstić information content (AvgIpc) is 2.43. The first-order valence-electron chi connectivity index (χ1n) is 5.79. The molecule has 2 nitrogen and oxygen atoms in total. The van der Waals surface area contributed by atoms with E-state index in [1.807, 2.05) is 0 Å². The number of ether oxygens (including phenoxy) is 1. The van der Waals surface area contributed by atoms with Gasteiger partial charge in [-0.15, -0.1) is 13.2 Å². The number of hydrogen-bond donors (Lipinski definition) is 0. The molecule has 2 rings (SSSR count). The number of benzene rings is 2. The van der Waals surface area contributed by atoms with Gasteiger partial charge in [0, 0.05) is 6.21 Å². The van der Waals surface area contributed by atoms with Crippen molar-refractivity contribution < 1.29 is 31.1 Å². The van der Waals surface area contributed by atoms with Crippen LogP contribution in [0.25, 0.3) is 0 Å². The summed E-state index contributed by atoms with van der Waals surface area (Å²) in [5.41, 5.74) is -0.576. The van der Waals surface area contributed by atoms with Gasteiger partial charge < -0.3 is 4.74 Å². The van der Waals surface area contributed by atoms with E-state index in [2.05, 4.69) is 9.73 Å². The molecule has 0 saturated carbocycles. The van der Waals surface area contributed by atoms with Gasteiger partial charge in [0.15, 0.2) is 11.6 Å². The normalized spacial score (nSPS) is 11.9. The van der Waals surface area contributed by atoms with E-state index in [1.165, 1.54) is 0 Å². The molecule has 0 fully saturated rings. The van der Waals surface area contributed by atoms with E-state index in [0.717, 1.165) is 36.5 Å². The third-order valence-electron chi connectivity index (χ3n) is 2.49. The standard InChI is InChI=1S/C14H7F6NO/c15-11-5-6-12(16)13(17)10(11)7-21-8-1-3-9(4-2-8)22-14(18,19)20/h1-7H. The summed E-state index contributed by atoms with van der Waals surface area (Å²) in [6, 6.07) is 5.63. The number of nitrogens with zero attached hydrogens (tertiary/aromatic N) is 1. The summed E-state index contributed by atoms with van der Waals surface area (Å²) < 4.78 is 79.2. The highest BCUT2D eigenvalue weighted by Gasteiger charge is 2.30. The molecule has 2 aromatic rings. The first-order valence-corrected chi connectivity index (χ1v) is 5.79. The molecule has 0 aliphatic rings. The van der Waals surface area contributed by atoms with Gasteiger partial charge in [-0.05, 0) is 36.4 Å². The lowest BCUT2D eigenvalue weighted by molar-refractivity contribution is -0.274. The van der Waals surface area contributed by atoms with E-state index in [1.54, 1.807) is 0 Å². The van der Waals surface area contributed by atoms with E-state index < -0.39 is 35.1 Å². The fourth-order valence-corrected chi connectivity index (χ4v) is 1.53. The molecule has 0 unspecified atom stereocenters. The van der Waals surface area contributed by atoms with Crippen LogP contribution in [0.4, 0.5) is 32.0 Å². The Labute approximate surface area is 120 Å². The van der Waals surface area contributed by atoms with Gasteiger partial charge in [0.05, 0.1) is 11.3 Å². The Morgan fingerprint density at radius 3 is 2.05 bits per heavy atom. The molecule has 116 valence electrons. The van der Waals surface area contributed by atoms with Crippen molar-refractivity contribution >= 4 is 11.9 Å². The van der Waals surface area contributed by atoms with Crippen molar-refractivity contribution in [1.82, 2.24) is 0 Å². The minimum Gasteiger partial charge on any atom is -0.406 e. The minimum absolute atomic E-state index is 0.109. The van der Waals surface area contributed by atoms with Crippen molar-refractivity contribution in [2.24, 2.45) is 4.99 Å². The third kappa shape index (κ3) is 4.00. The van der Waals surface area contributed by atoms with Crippen LogP contribution < -0.4 is 4.74 Å². The Morgan fingerprint density at radius 1 is 0.864 bits per heavy atom. The molecule has 0 aliphatic heterocycles. The highest BCUT2D eigenvalue weighted by Crippen LogP contribution is 2.25. The molecule has 22 heavy (non-hydrogen) atoms. The van der Waals surface area contributed by atoms with Gasteiger partial charge in [0.2, 0.25) is 0 Å². The molecule has 0 saturated heterocycles. The lowest BCUT2D eigenvalue weighted by Gasteiger charge is -2.08. The molecule has 0 amide bonds. The van der Waals surface area contributed by atoms with E-state index in [-0.39, 0.29) is 5.69 Å². The van der Waals surface area contributed by atoms with Crippen LogP contribution in [0.1, 0.15) is 5.56 Å². The maximum Gasteiger partial charge on any atom is 0.573 e. The predicted molar refractivity (Wildman–Crippen MR) is 66.7 cm³/mol. The Balaban J connectivity index is 2.19. The van der Waals surface area contributed by atoms with Crippen molar-refractivity contribution in [3.05, 3.63) is 59.4 Å². The number of rotatable bonds is 3. The molecule has 8 heteroatoms. The first-order chi connectivity index (χ1) is 10.3. The van der Waals surface area contributed by atoms with Crippen LogP contribution in [0, 0.1) is 17.5 Å². The van der Waals surface area contributed by atoms with Gasteiger partial charge in [-0.25, -0.2) is 13.2 Å². The smallest absolute Gasteiger partial charge is 0.406 e. The summed E-state index contributed by atoms with van der Waals surface area (Å²) in [5, 5.41) is 0. The van der Waals surface area contributed by atoms with E-state index >= 15 is 0 Å². The zero-order valence-corrected chi connectivity index (χ0v) is 10.7. The number of aliphatic imine (C=N–C) groups is 1. The SMILES string of the molecule is Fc1ccc(F)c(C=Nc2ccc(OC(F)(F)F)cc2)c1F. The predicted octanol–water partition coefficient (Wildman–Crippen LogP) is 4.75. The zero-order valence-electron chi connectivity index (χ0n) is 10.7. The second-order valence-electron chi connectivity index (χ2n) is 4.06. The fraction of sp³-hybridized carbons (Fsp3) is 0.0714. The van der Waals surface area contributed by atoms with Gasteiger partial charge >= 0.3 is 6.36 Å². The second kappa shape index (κ2) is 6.08. The molecule has 0 aromatic heterocycles. The van der Waals surface area contributed by atoms with E-state index in [4.69, 9.17) is 0 Å². The van der Waals surface area contributed by atoms with Crippen molar-refractivity contribution in [1.29, 1.82) is 0 Å². The quantitative estimate of drug-likeness (QED) is 0.454. The van der Waals surface area contributed by atoms with Crippen LogP contribution in [-0.2, 0) is 0 Å². The number of hydrogen-bond acceptors (Lipinski definition) is 2. The van der Waals surface area contributed by atoms with Crippen LogP contribution in [0.3, 0.4) is 0 Å². The van der Waals surface area contributed by atoms with E-state index in [0.29, 0.717) is 6.07 Å². The molecule has 0 aliphatic carbocycles. The minimum atomic E-state index is -4.82. The largest absolute Gasteiger partial charge is 0.573 e. The molecule has 0 radical (unpaired) electrons. The molecular weight excluding hydrogens is 312 g/mol. The van der Waals surface area contributed by atoms with Gasteiger partial charge in [0.1, 0.15) is 11.6 Å². The Hall–Kier alpha value is -2.51.